The molecule has 4 heteroatoms. The summed E-state index contributed by atoms with van der Waals surface area (Å²) in [4.78, 5) is 11.8. The standard InChI is InChI=1S/C13H16O4/c1-9-11(7-8-12(14)16-9)17-13(15)10-5-3-2-4-6-10/h2-6,9,11-12,14H,7-8H2,1H3/t9-,11-,12?/m0/s1. The van der Waals surface area contributed by atoms with E-state index in [-0.39, 0.29) is 18.2 Å². The Kier molecular flexibility index (Phi) is 3.76. The van der Waals surface area contributed by atoms with Crippen LogP contribution in [0.5, 0.6) is 0 Å². The smallest absolute Gasteiger partial charge is 0.338 e. The van der Waals surface area contributed by atoms with Gasteiger partial charge in [0, 0.05) is 6.42 Å². The molecule has 0 saturated carbocycles. The second-order valence-corrected chi connectivity index (χ2v) is 4.18. The first-order valence-electron chi connectivity index (χ1n) is 5.76. The van der Waals surface area contributed by atoms with Crippen molar-refractivity contribution in [2.24, 2.45) is 0 Å². The molecule has 0 amide bonds. The number of hydrogen-bond donors (Lipinski definition) is 1. The molecule has 1 fully saturated rings. The maximum absolute atomic E-state index is 11.8. The number of carbonyl (C=O) groups is 1. The quantitative estimate of drug-likeness (QED) is 0.794. The molecule has 0 radical (unpaired) electrons. The average Bonchev–Trinajstić information content (AvgIpc) is 2.34. The van der Waals surface area contributed by atoms with Gasteiger partial charge in [-0.1, -0.05) is 18.2 Å². The Balaban J connectivity index is 1.95. The highest BCUT2D eigenvalue weighted by atomic mass is 16.6. The third kappa shape index (κ3) is 3.05. The molecule has 2 rings (SSSR count). The van der Waals surface area contributed by atoms with Gasteiger partial charge in [0.15, 0.2) is 6.29 Å². The Labute approximate surface area is 100 Å². The lowest BCUT2D eigenvalue weighted by molar-refractivity contribution is -0.193. The molecule has 1 aliphatic rings. The largest absolute Gasteiger partial charge is 0.456 e. The van der Waals surface area contributed by atoms with Gasteiger partial charge in [0.05, 0.1) is 11.7 Å². The molecule has 0 bridgehead atoms. The van der Waals surface area contributed by atoms with E-state index >= 15 is 0 Å². The molecule has 1 aliphatic heterocycles. The van der Waals surface area contributed by atoms with Crippen LogP contribution in [0.25, 0.3) is 0 Å². The van der Waals surface area contributed by atoms with Gasteiger partial charge in [-0.3, -0.25) is 0 Å². The summed E-state index contributed by atoms with van der Waals surface area (Å²) < 4.78 is 10.6. The molecule has 0 aliphatic carbocycles. The minimum absolute atomic E-state index is 0.272. The van der Waals surface area contributed by atoms with E-state index in [1.54, 1.807) is 31.2 Å². The van der Waals surface area contributed by atoms with Crippen molar-refractivity contribution in [3.05, 3.63) is 35.9 Å². The molecule has 1 N–H and O–H groups in total. The predicted molar refractivity (Wildman–Crippen MR) is 61.4 cm³/mol. The van der Waals surface area contributed by atoms with Crippen molar-refractivity contribution >= 4 is 5.97 Å². The average molecular weight is 236 g/mol. The van der Waals surface area contributed by atoms with Gasteiger partial charge in [-0.25, -0.2) is 4.79 Å². The summed E-state index contributed by atoms with van der Waals surface area (Å²) in [6.45, 7) is 1.80. The summed E-state index contributed by atoms with van der Waals surface area (Å²) in [6.07, 6.45) is -0.174. The van der Waals surface area contributed by atoms with Gasteiger partial charge in [0.25, 0.3) is 0 Å². The first kappa shape index (κ1) is 12.1. The van der Waals surface area contributed by atoms with E-state index in [2.05, 4.69) is 0 Å². The Bertz CT molecular complexity index is 376. The maximum Gasteiger partial charge on any atom is 0.338 e. The number of carbonyl (C=O) groups excluding carboxylic acids is 1. The fourth-order valence-corrected chi connectivity index (χ4v) is 1.88. The number of esters is 1. The fourth-order valence-electron chi connectivity index (χ4n) is 1.88. The van der Waals surface area contributed by atoms with Gasteiger partial charge >= 0.3 is 5.97 Å². The van der Waals surface area contributed by atoms with Gasteiger partial charge in [-0.05, 0) is 25.5 Å². The van der Waals surface area contributed by atoms with Gasteiger partial charge < -0.3 is 14.6 Å². The highest BCUT2D eigenvalue weighted by Gasteiger charge is 2.30. The fraction of sp³-hybridized carbons (Fsp3) is 0.462. The molecule has 1 saturated heterocycles. The Morgan fingerprint density at radius 1 is 1.35 bits per heavy atom. The minimum Gasteiger partial charge on any atom is -0.456 e. The second-order valence-electron chi connectivity index (χ2n) is 4.18. The van der Waals surface area contributed by atoms with Crippen LogP contribution in [-0.2, 0) is 9.47 Å². The number of benzene rings is 1. The molecule has 92 valence electrons. The van der Waals surface area contributed by atoms with Crippen molar-refractivity contribution in [1.29, 1.82) is 0 Å². The zero-order chi connectivity index (χ0) is 12.3. The van der Waals surface area contributed by atoms with Crippen LogP contribution in [0.2, 0.25) is 0 Å². The summed E-state index contributed by atoms with van der Waals surface area (Å²) >= 11 is 0. The van der Waals surface area contributed by atoms with Crippen LogP contribution in [0.4, 0.5) is 0 Å². The van der Waals surface area contributed by atoms with Crippen molar-refractivity contribution in [1.82, 2.24) is 0 Å². The second kappa shape index (κ2) is 5.29. The Morgan fingerprint density at radius 2 is 2.06 bits per heavy atom. The van der Waals surface area contributed by atoms with E-state index in [0.29, 0.717) is 18.4 Å². The summed E-state index contributed by atoms with van der Waals surface area (Å²) in [7, 11) is 0. The van der Waals surface area contributed by atoms with Crippen LogP contribution in [0, 0.1) is 0 Å². The lowest BCUT2D eigenvalue weighted by atomic mass is 10.1. The molecular formula is C13H16O4. The normalized spacial score (nSPS) is 28.7. The van der Waals surface area contributed by atoms with E-state index in [4.69, 9.17) is 9.47 Å². The molecular weight excluding hydrogens is 220 g/mol. The highest BCUT2D eigenvalue weighted by molar-refractivity contribution is 5.89. The summed E-state index contributed by atoms with van der Waals surface area (Å²) in [5.41, 5.74) is 0.533. The molecule has 1 unspecified atom stereocenters. The molecule has 3 atom stereocenters. The molecule has 0 aromatic heterocycles. The molecule has 1 aromatic carbocycles. The third-order valence-corrected chi connectivity index (χ3v) is 2.86. The van der Waals surface area contributed by atoms with Gasteiger partial charge in [0.2, 0.25) is 0 Å². The Morgan fingerprint density at radius 3 is 2.71 bits per heavy atom. The van der Waals surface area contributed by atoms with Crippen molar-refractivity contribution in [3.8, 4) is 0 Å². The van der Waals surface area contributed by atoms with Gasteiger partial charge in [-0.15, -0.1) is 0 Å². The molecule has 4 nitrogen and oxygen atoms in total. The zero-order valence-corrected chi connectivity index (χ0v) is 9.70. The summed E-state index contributed by atoms with van der Waals surface area (Å²) in [6, 6.07) is 8.86. The highest BCUT2D eigenvalue weighted by Crippen LogP contribution is 2.21. The molecule has 0 spiro atoms. The Hall–Kier alpha value is -1.39. The predicted octanol–water partition coefficient (Wildman–Crippen LogP) is 1.73. The van der Waals surface area contributed by atoms with E-state index in [1.807, 2.05) is 6.07 Å². The number of hydrogen-bond acceptors (Lipinski definition) is 4. The zero-order valence-electron chi connectivity index (χ0n) is 9.70. The van der Waals surface area contributed by atoms with Crippen LogP contribution in [0.3, 0.4) is 0 Å². The van der Waals surface area contributed by atoms with Gasteiger partial charge in [-0.2, -0.15) is 0 Å². The molecule has 1 heterocycles. The summed E-state index contributed by atoms with van der Waals surface area (Å²) in [5.74, 6) is -0.345. The van der Waals surface area contributed by atoms with E-state index in [9.17, 15) is 9.90 Å². The summed E-state index contributed by atoms with van der Waals surface area (Å²) in [5, 5.41) is 9.29. The van der Waals surface area contributed by atoms with Crippen molar-refractivity contribution in [3.63, 3.8) is 0 Å². The number of rotatable bonds is 2. The van der Waals surface area contributed by atoms with Crippen LogP contribution >= 0.6 is 0 Å². The van der Waals surface area contributed by atoms with Crippen molar-refractivity contribution < 1.29 is 19.4 Å². The minimum atomic E-state index is -0.739. The van der Waals surface area contributed by atoms with Gasteiger partial charge in [0.1, 0.15) is 6.10 Å². The van der Waals surface area contributed by atoms with E-state index in [1.165, 1.54) is 0 Å². The monoisotopic (exact) mass is 236 g/mol. The van der Waals surface area contributed by atoms with Crippen molar-refractivity contribution in [2.45, 2.75) is 38.3 Å². The third-order valence-electron chi connectivity index (χ3n) is 2.86. The number of ether oxygens (including phenoxy) is 2. The van der Waals surface area contributed by atoms with E-state index in [0.717, 1.165) is 0 Å². The van der Waals surface area contributed by atoms with Crippen LogP contribution in [-0.4, -0.2) is 29.6 Å². The topological polar surface area (TPSA) is 55.8 Å². The lowest BCUT2D eigenvalue weighted by Crippen LogP contribution is -2.39. The number of aliphatic hydroxyl groups excluding tert-OH is 1. The molecule has 1 aromatic rings. The van der Waals surface area contributed by atoms with Crippen molar-refractivity contribution in [2.75, 3.05) is 0 Å². The van der Waals surface area contributed by atoms with Crippen LogP contribution in [0.15, 0.2) is 30.3 Å². The van der Waals surface area contributed by atoms with E-state index < -0.39 is 6.29 Å². The maximum atomic E-state index is 11.8. The molecule has 17 heavy (non-hydrogen) atoms. The first-order valence-corrected chi connectivity index (χ1v) is 5.76. The first-order chi connectivity index (χ1) is 8.16. The lowest BCUT2D eigenvalue weighted by Gasteiger charge is -2.31. The SMILES string of the molecule is C[C@@H]1OC(O)CC[C@@H]1OC(=O)c1ccccc1. The van der Waals surface area contributed by atoms with Crippen LogP contribution < -0.4 is 0 Å². The van der Waals surface area contributed by atoms with Crippen LogP contribution in [0.1, 0.15) is 30.1 Å². The number of aliphatic hydroxyl groups is 1.